The lowest BCUT2D eigenvalue weighted by Gasteiger charge is -2.09. The molecule has 0 fully saturated rings. The first-order valence-electron chi connectivity index (χ1n) is 6.49. The molecule has 0 atom stereocenters. The summed E-state index contributed by atoms with van der Waals surface area (Å²) in [5.41, 5.74) is -0.110. The van der Waals surface area contributed by atoms with E-state index in [1.165, 1.54) is 31.2 Å². The first kappa shape index (κ1) is 16.4. The third-order valence-electron chi connectivity index (χ3n) is 2.85. The van der Waals surface area contributed by atoms with Gasteiger partial charge in [-0.3, -0.25) is 4.79 Å². The largest absolute Gasteiger partial charge is 0.486 e. The molecule has 2 aromatic carbocycles. The van der Waals surface area contributed by atoms with Crippen LogP contribution in [0.5, 0.6) is 11.5 Å². The minimum absolute atomic E-state index is 0.0272. The summed E-state index contributed by atoms with van der Waals surface area (Å²) in [4.78, 5) is 21.5. The third kappa shape index (κ3) is 4.26. The minimum Gasteiger partial charge on any atom is -0.486 e. The average Bonchev–Trinajstić information content (AvgIpc) is 2.46. The van der Waals surface area contributed by atoms with Crippen molar-refractivity contribution >= 4 is 11.9 Å². The topological polar surface area (TPSA) is 72.8 Å². The lowest BCUT2D eigenvalue weighted by molar-refractivity contribution is -0.131. The normalized spacial score (nSPS) is 10.2. The highest BCUT2D eigenvalue weighted by molar-refractivity contribution is 5.87. The zero-order valence-corrected chi connectivity index (χ0v) is 12.0. The van der Waals surface area contributed by atoms with Gasteiger partial charge in [0.15, 0.2) is 11.6 Å². The monoisotopic (exact) mass is 322 g/mol. The molecule has 0 aliphatic carbocycles. The molecular weight excluding hydrogens is 310 g/mol. The molecule has 2 rings (SSSR count). The standard InChI is InChI=1S/C16H12F2O5/c1-9(19)23-12-4-5-15(14(18)7-12)22-8-11-3-2-10(16(20)21)6-13(11)17/h2-7H,8H2,1H3,(H,20,21). The molecule has 0 heterocycles. The molecule has 0 spiro atoms. The number of carboxylic acid groups (broad SMARTS) is 1. The fourth-order valence-electron chi connectivity index (χ4n) is 1.78. The molecular formula is C16H12F2O5. The van der Waals surface area contributed by atoms with Crippen LogP contribution < -0.4 is 9.47 Å². The van der Waals surface area contributed by atoms with Gasteiger partial charge in [-0.25, -0.2) is 13.6 Å². The van der Waals surface area contributed by atoms with E-state index in [0.29, 0.717) is 0 Å². The Kier molecular flexibility index (Phi) is 4.90. The van der Waals surface area contributed by atoms with Gasteiger partial charge in [0, 0.05) is 18.6 Å². The van der Waals surface area contributed by atoms with Gasteiger partial charge in [-0.2, -0.15) is 0 Å². The van der Waals surface area contributed by atoms with Crippen molar-refractivity contribution in [1.82, 2.24) is 0 Å². The fourth-order valence-corrected chi connectivity index (χ4v) is 1.78. The van der Waals surface area contributed by atoms with Gasteiger partial charge in [0.2, 0.25) is 0 Å². The highest BCUT2D eigenvalue weighted by atomic mass is 19.1. The van der Waals surface area contributed by atoms with Crippen molar-refractivity contribution in [2.45, 2.75) is 13.5 Å². The summed E-state index contributed by atoms with van der Waals surface area (Å²) in [6, 6.07) is 6.90. The van der Waals surface area contributed by atoms with E-state index in [0.717, 1.165) is 12.1 Å². The van der Waals surface area contributed by atoms with Crippen molar-refractivity contribution in [2.75, 3.05) is 0 Å². The van der Waals surface area contributed by atoms with Gasteiger partial charge in [0.25, 0.3) is 0 Å². The van der Waals surface area contributed by atoms with Crippen molar-refractivity contribution in [2.24, 2.45) is 0 Å². The number of carbonyl (C=O) groups is 2. The molecule has 7 heteroatoms. The van der Waals surface area contributed by atoms with Crippen LogP contribution in [0.2, 0.25) is 0 Å². The summed E-state index contributed by atoms with van der Waals surface area (Å²) in [5.74, 6) is -3.49. The van der Waals surface area contributed by atoms with Gasteiger partial charge in [-0.1, -0.05) is 6.07 Å². The molecule has 0 radical (unpaired) electrons. The molecule has 2 aromatic rings. The van der Waals surface area contributed by atoms with Gasteiger partial charge >= 0.3 is 11.9 Å². The Balaban J connectivity index is 2.09. The van der Waals surface area contributed by atoms with E-state index in [1.54, 1.807) is 0 Å². The highest BCUT2D eigenvalue weighted by Crippen LogP contribution is 2.24. The van der Waals surface area contributed by atoms with Crippen molar-refractivity contribution in [3.8, 4) is 11.5 Å². The number of benzene rings is 2. The number of esters is 1. The van der Waals surface area contributed by atoms with Crippen LogP contribution in [-0.4, -0.2) is 17.0 Å². The summed E-state index contributed by atoms with van der Waals surface area (Å²) >= 11 is 0. The predicted octanol–water partition coefficient (Wildman–Crippen LogP) is 3.17. The first-order chi connectivity index (χ1) is 10.9. The predicted molar refractivity (Wildman–Crippen MR) is 75.4 cm³/mol. The van der Waals surface area contributed by atoms with E-state index in [-0.39, 0.29) is 29.2 Å². The number of rotatable bonds is 5. The summed E-state index contributed by atoms with van der Waals surface area (Å²) in [6.07, 6.45) is 0. The van der Waals surface area contributed by atoms with Crippen LogP contribution in [-0.2, 0) is 11.4 Å². The molecule has 120 valence electrons. The summed E-state index contributed by atoms with van der Waals surface area (Å²) in [7, 11) is 0. The first-order valence-corrected chi connectivity index (χ1v) is 6.49. The zero-order valence-electron chi connectivity index (χ0n) is 12.0. The maximum absolute atomic E-state index is 13.8. The average molecular weight is 322 g/mol. The Morgan fingerprint density at radius 2 is 1.83 bits per heavy atom. The molecule has 0 bridgehead atoms. The number of halogens is 2. The second-order valence-electron chi connectivity index (χ2n) is 4.59. The molecule has 0 saturated carbocycles. The van der Waals surface area contributed by atoms with E-state index in [1.807, 2.05) is 0 Å². The van der Waals surface area contributed by atoms with Gasteiger partial charge in [-0.05, 0) is 24.3 Å². The number of ether oxygens (including phenoxy) is 2. The van der Waals surface area contributed by atoms with Crippen LogP contribution in [0.3, 0.4) is 0 Å². The van der Waals surface area contributed by atoms with Crippen LogP contribution in [0.15, 0.2) is 36.4 Å². The summed E-state index contributed by atoms with van der Waals surface area (Å²) in [5, 5.41) is 8.75. The van der Waals surface area contributed by atoms with E-state index in [2.05, 4.69) is 0 Å². The maximum atomic E-state index is 13.8. The van der Waals surface area contributed by atoms with Crippen LogP contribution >= 0.6 is 0 Å². The van der Waals surface area contributed by atoms with Crippen LogP contribution in [0.25, 0.3) is 0 Å². The number of carbonyl (C=O) groups excluding carboxylic acids is 1. The molecule has 1 N–H and O–H groups in total. The number of hydrogen-bond donors (Lipinski definition) is 1. The molecule has 23 heavy (non-hydrogen) atoms. The van der Waals surface area contributed by atoms with Crippen molar-refractivity contribution in [3.63, 3.8) is 0 Å². The lowest BCUT2D eigenvalue weighted by atomic mass is 10.1. The molecule has 0 aliphatic rings. The van der Waals surface area contributed by atoms with Gasteiger partial charge in [0.05, 0.1) is 5.56 Å². The second-order valence-corrected chi connectivity index (χ2v) is 4.59. The third-order valence-corrected chi connectivity index (χ3v) is 2.85. The van der Waals surface area contributed by atoms with Crippen molar-refractivity contribution < 1.29 is 33.0 Å². The quantitative estimate of drug-likeness (QED) is 0.676. The van der Waals surface area contributed by atoms with Crippen LogP contribution in [0.1, 0.15) is 22.8 Å². The Morgan fingerprint density at radius 1 is 1.09 bits per heavy atom. The highest BCUT2D eigenvalue weighted by Gasteiger charge is 2.11. The second kappa shape index (κ2) is 6.87. The van der Waals surface area contributed by atoms with Crippen LogP contribution in [0.4, 0.5) is 8.78 Å². The van der Waals surface area contributed by atoms with Crippen molar-refractivity contribution in [1.29, 1.82) is 0 Å². The maximum Gasteiger partial charge on any atom is 0.335 e. The molecule has 0 amide bonds. The Hall–Kier alpha value is -2.96. The zero-order chi connectivity index (χ0) is 17.0. The van der Waals surface area contributed by atoms with E-state index in [4.69, 9.17) is 14.6 Å². The Morgan fingerprint density at radius 3 is 2.39 bits per heavy atom. The van der Waals surface area contributed by atoms with Gasteiger partial charge in [0.1, 0.15) is 18.2 Å². The smallest absolute Gasteiger partial charge is 0.335 e. The SMILES string of the molecule is CC(=O)Oc1ccc(OCc2ccc(C(=O)O)cc2F)c(F)c1. The summed E-state index contributed by atoms with van der Waals surface area (Å²) < 4.78 is 37.4. The molecule has 0 aromatic heterocycles. The number of aromatic carboxylic acids is 1. The molecule has 0 unspecified atom stereocenters. The molecule has 0 saturated heterocycles. The van der Waals surface area contributed by atoms with Crippen molar-refractivity contribution in [3.05, 3.63) is 59.2 Å². The van der Waals surface area contributed by atoms with Gasteiger partial charge in [-0.15, -0.1) is 0 Å². The fraction of sp³-hybridized carbons (Fsp3) is 0.125. The lowest BCUT2D eigenvalue weighted by Crippen LogP contribution is -2.04. The van der Waals surface area contributed by atoms with Gasteiger partial charge < -0.3 is 14.6 Å². The minimum atomic E-state index is -1.25. The number of carboxylic acids is 1. The number of hydrogen-bond acceptors (Lipinski definition) is 4. The Bertz CT molecular complexity index is 758. The van der Waals surface area contributed by atoms with E-state index >= 15 is 0 Å². The molecule has 5 nitrogen and oxygen atoms in total. The van der Waals surface area contributed by atoms with E-state index < -0.39 is 23.6 Å². The van der Waals surface area contributed by atoms with Crippen LogP contribution in [0, 0.1) is 11.6 Å². The summed E-state index contributed by atoms with van der Waals surface area (Å²) in [6.45, 7) is 0.904. The Labute approximate surface area is 130 Å². The van der Waals surface area contributed by atoms with E-state index in [9.17, 15) is 18.4 Å². The molecule has 0 aliphatic heterocycles.